The summed E-state index contributed by atoms with van der Waals surface area (Å²) >= 11 is 0. The molecule has 0 amide bonds. The summed E-state index contributed by atoms with van der Waals surface area (Å²) in [5, 5.41) is 2.98. The highest BCUT2D eigenvalue weighted by Crippen LogP contribution is 2.25. The number of halogens is 4. The summed E-state index contributed by atoms with van der Waals surface area (Å²) in [4.78, 5) is 1.27. The second kappa shape index (κ2) is 9.00. The van der Waals surface area contributed by atoms with Crippen LogP contribution < -0.4 is 10.0 Å². The number of sulfonamides is 1. The lowest BCUT2D eigenvalue weighted by Gasteiger charge is -2.35. The van der Waals surface area contributed by atoms with Gasteiger partial charge in [-0.25, -0.2) is 13.1 Å². The summed E-state index contributed by atoms with van der Waals surface area (Å²) in [5.41, 5.74) is 0.533. The first-order valence-corrected chi connectivity index (χ1v) is 8.96. The molecule has 1 unspecified atom stereocenters. The highest BCUT2D eigenvalue weighted by atomic mass is 35.5. The van der Waals surface area contributed by atoms with Crippen molar-refractivity contribution in [2.45, 2.75) is 18.0 Å². The average Bonchev–Trinajstić information content (AvgIpc) is 2.47. The second-order valence-corrected chi connectivity index (χ2v) is 7.24. The van der Waals surface area contributed by atoms with Crippen molar-refractivity contribution in [3.8, 4) is 0 Å². The number of nitrogens with one attached hydrogen (secondary N) is 2. The van der Waals surface area contributed by atoms with Gasteiger partial charge in [0, 0.05) is 32.7 Å². The van der Waals surface area contributed by atoms with Crippen LogP contribution in [0.15, 0.2) is 30.3 Å². The Kier molecular flexibility index (Phi) is 7.94. The van der Waals surface area contributed by atoms with E-state index in [0.717, 1.165) is 0 Å². The fourth-order valence-corrected chi connectivity index (χ4v) is 3.64. The Balaban J connectivity index is 0.00000288. The molecule has 0 spiro atoms. The van der Waals surface area contributed by atoms with Crippen LogP contribution in [0.5, 0.6) is 0 Å². The Hall–Kier alpha value is -0.870. The van der Waals surface area contributed by atoms with Crippen LogP contribution in [0.25, 0.3) is 0 Å². The molecule has 1 atom stereocenters. The van der Waals surface area contributed by atoms with Crippen LogP contribution in [0.3, 0.4) is 0 Å². The van der Waals surface area contributed by atoms with Gasteiger partial charge in [0.25, 0.3) is 0 Å². The normalized spacial score (nSPS) is 18.0. The van der Waals surface area contributed by atoms with Gasteiger partial charge in [-0.2, -0.15) is 13.2 Å². The minimum atomic E-state index is -4.48. The molecule has 2 rings (SSSR count). The lowest BCUT2D eigenvalue weighted by molar-refractivity contribution is -0.182. The number of rotatable bonds is 6. The summed E-state index contributed by atoms with van der Waals surface area (Å²) in [6, 6.07) is 6.55. The summed E-state index contributed by atoms with van der Waals surface area (Å²) in [5.74, 6) is -0.333. The largest absolute Gasteiger partial charge is 0.405 e. The molecule has 0 radical (unpaired) electrons. The Bertz CT molecular complexity index is 593. The quantitative estimate of drug-likeness (QED) is 0.774. The third kappa shape index (κ3) is 6.56. The zero-order chi connectivity index (χ0) is 16.9. The smallest absolute Gasteiger partial charge is 0.314 e. The third-order valence-corrected chi connectivity index (χ3v) is 4.99. The highest BCUT2D eigenvalue weighted by Gasteiger charge is 2.44. The Morgan fingerprint density at radius 2 is 1.75 bits per heavy atom. The van der Waals surface area contributed by atoms with E-state index >= 15 is 0 Å². The molecule has 1 aliphatic heterocycles. The summed E-state index contributed by atoms with van der Waals surface area (Å²) in [7, 11) is -3.82. The average molecular weight is 388 g/mol. The van der Waals surface area contributed by atoms with Crippen LogP contribution in [-0.4, -0.2) is 58.3 Å². The second-order valence-electron chi connectivity index (χ2n) is 5.44. The molecule has 1 aliphatic rings. The Morgan fingerprint density at radius 3 is 2.29 bits per heavy atom. The van der Waals surface area contributed by atoms with Crippen molar-refractivity contribution in [3.05, 3.63) is 35.9 Å². The van der Waals surface area contributed by atoms with E-state index in [-0.39, 0.29) is 31.2 Å². The van der Waals surface area contributed by atoms with E-state index in [1.165, 1.54) is 4.90 Å². The molecule has 1 saturated heterocycles. The Labute approximate surface area is 146 Å². The topological polar surface area (TPSA) is 61.4 Å². The van der Waals surface area contributed by atoms with Gasteiger partial charge >= 0.3 is 6.18 Å². The first kappa shape index (κ1) is 21.2. The molecule has 0 aromatic heterocycles. The zero-order valence-electron chi connectivity index (χ0n) is 12.9. The zero-order valence-corrected chi connectivity index (χ0v) is 14.6. The molecule has 24 heavy (non-hydrogen) atoms. The third-order valence-electron chi connectivity index (χ3n) is 3.67. The molecule has 1 aromatic rings. The fourth-order valence-electron chi connectivity index (χ4n) is 2.50. The molecule has 0 bridgehead atoms. The number of benzene rings is 1. The van der Waals surface area contributed by atoms with E-state index < -0.39 is 28.8 Å². The van der Waals surface area contributed by atoms with Crippen molar-refractivity contribution in [2.75, 3.05) is 32.7 Å². The highest BCUT2D eigenvalue weighted by molar-refractivity contribution is 7.88. The maximum absolute atomic E-state index is 13.2. The lowest BCUT2D eigenvalue weighted by Crippen LogP contribution is -2.57. The summed E-state index contributed by atoms with van der Waals surface area (Å²) < 4.78 is 65.7. The molecular weight excluding hydrogens is 367 g/mol. The molecule has 1 aromatic carbocycles. The molecule has 138 valence electrons. The van der Waals surface area contributed by atoms with Crippen LogP contribution in [0.2, 0.25) is 0 Å². The lowest BCUT2D eigenvalue weighted by atomic mass is 10.2. The minimum Gasteiger partial charge on any atom is -0.314 e. The summed E-state index contributed by atoms with van der Waals surface area (Å²) in [6.07, 6.45) is -4.48. The van der Waals surface area contributed by atoms with Crippen molar-refractivity contribution in [2.24, 2.45) is 0 Å². The number of hydrogen-bond donors (Lipinski definition) is 2. The number of nitrogens with zero attached hydrogens (tertiary/aromatic N) is 1. The van der Waals surface area contributed by atoms with Gasteiger partial charge in [0.1, 0.15) is 6.04 Å². The van der Waals surface area contributed by atoms with Crippen molar-refractivity contribution in [1.29, 1.82) is 0 Å². The van der Waals surface area contributed by atoms with E-state index in [2.05, 4.69) is 10.0 Å². The van der Waals surface area contributed by atoms with Gasteiger partial charge in [-0.3, -0.25) is 4.90 Å². The maximum atomic E-state index is 13.2. The van der Waals surface area contributed by atoms with Gasteiger partial charge in [-0.05, 0) is 5.56 Å². The monoisotopic (exact) mass is 387 g/mol. The van der Waals surface area contributed by atoms with Crippen molar-refractivity contribution < 1.29 is 21.6 Å². The number of piperazine rings is 1. The van der Waals surface area contributed by atoms with Crippen molar-refractivity contribution in [1.82, 2.24) is 14.9 Å². The summed E-state index contributed by atoms with van der Waals surface area (Å²) in [6.45, 7) is 0.737. The standard InChI is InChI=1S/C14H20F3N3O2S.ClH/c15-14(16,17)13(20-8-6-18-7-9-20)10-19-23(21,22)11-12-4-2-1-3-5-12;/h1-5,13,18-19H,6-11H2;1H. The van der Waals surface area contributed by atoms with Crippen LogP contribution in [0.4, 0.5) is 13.2 Å². The predicted molar refractivity (Wildman–Crippen MR) is 88.6 cm³/mol. The molecular formula is C14H21ClF3N3O2S. The molecule has 1 heterocycles. The molecule has 1 fully saturated rings. The van der Waals surface area contributed by atoms with Gasteiger partial charge in [0.2, 0.25) is 10.0 Å². The van der Waals surface area contributed by atoms with Crippen molar-refractivity contribution >= 4 is 22.4 Å². The van der Waals surface area contributed by atoms with Crippen LogP contribution >= 0.6 is 12.4 Å². The number of hydrogen-bond acceptors (Lipinski definition) is 4. The SMILES string of the molecule is Cl.O=S(=O)(Cc1ccccc1)NCC(N1CCNCC1)C(F)(F)F. The fraction of sp³-hybridized carbons (Fsp3) is 0.571. The van der Waals surface area contributed by atoms with Crippen LogP contribution in [-0.2, 0) is 15.8 Å². The van der Waals surface area contributed by atoms with E-state index in [9.17, 15) is 21.6 Å². The Morgan fingerprint density at radius 1 is 1.17 bits per heavy atom. The van der Waals surface area contributed by atoms with Gasteiger partial charge < -0.3 is 5.32 Å². The maximum Gasteiger partial charge on any atom is 0.405 e. The van der Waals surface area contributed by atoms with Crippen molar-refractivity contribution in [3.63, 3.8) is 0 Å². The molecule has 2 N–H and O–H groups in total. The van der Waals surface area contributed by atoms with Gasteiger partial charge in [-0.15, -0.1) is 12.4 Å². The van der Waals surface area contributed by atoms with E-state index in [1.807, 2.05) is 0 Å². The van der Waals surface area contributed by atoms with Crippen LogP contribution in [0.1, 0.15) is 5.56 Å². The predicted octanol–water partition coefficient (Wildman–Crippen LogP) is 1.36. The van der Waals surface area contributed by atoms with Gasteiger partial charge in [-0.1, -0.05) is 30.3 Å². The molecule has 5 nitrogen and oxygen atoms in total. The molecule has 0 aliphatic carbocycles. The van der Waals surface area contributed by atoms with E-state index in [0.29, 0.717) is 18.7 Å². The van der Waals surface area contributed by atoms with Gasteiger partial charge in [0.05, 0.1) is 5.75 Å². The van der Waals surface area contributed by atoms with E-state index in [4.69, 9.17) is 0 Å². The first-order valence-electron chi connectivity index (χ1n) is 7.31. The molecule has 10 heteroatoms. The van der Waals surface area contributed by atoms with Gasteiger partial charge in [0.15, 0.2) is 0 Å². The number of alkyl halides is 3. The van der Waals surface area contributed by atoms with E-state index in [1.54, 1.807) is 30.3 Å². The minimum absolute atomic E-state index is 0. The molecule has 0 saturated carbocycles. The van der Waals surface area contributed by atoms with Crippen LogP contribution in [0, 0.1) is 0 Å². The first-order chi connectivity index (χ1) is 10.8.